The lowest BCUT2D eigenvalue weighted by Crippen LogP contribution is -2.53. The summed E-state index contributed by atoms with van der Waals surface area (Å²) in [4.78, 5) is 2.65. The second-order valence-electron chi connectivity index (χ2n) is 7.11. The lowest BCUT2D eigenvalue weighted by atomic mass is 9.83. The summed E-state index contributed by atoms with van der Waals surface area (Å²) in [6, 6.07) is 7.67. The van der Waals surface area contributed by atoms with Gasteiger partial charge in [0.1, 0.15) is 0 Å². The normalized spacial score (nSPS) is 25.1. The number of piperazine rings is 1. The van der Waals surface area contributed by atoms with Gasteiger partial charge in [0.15, 0.2) is 0 Å². The minimum Gasteiger partial charge on any atom is -0.311 e. The summed E-state index contributed by atoms with van der Waals surface area (Å²) in [7, 11) is 0. The Kier molecular flexibility index (Phi) is 4.97. The van der Waals surface area contributed by atoms with Crippen molar-refractivity contribution in [2.24, 2.45) is 5.92 Å². The Bertz CT molecular complexity index is 463. The first kappa shape index (κ1) is 15.1. The smallest absolute Gasteiger partial charge is 0.0235 e. The molecule has 0 amide bonds. The van der Waals surface area contributed by atoms with Crippen molar-refractivity contribution in [3.63, 3.8) is 0 Å². The summed E-state index contributed by atoms with van der Waals surface area (Å²) < 4.78 is 0. The zero-order valence-electron chi connectivity index (χ0n) is 13.7. The van der Waals surface area contributed by atoms with Gasteiger partial charge in [-0.1, -0.05) is 37.5 Å². The highest BCUT2D eigenvalue weighted by Crippen LogP contribution is 2.28. The van der Waals surface area contributed by atoms with E-state index in [4.69, 9.17) is 0 Å². The molecule has 1 saturated carbocycles. The highest BCUT2D eigenvalue weighted by atomic mass is 15.2. The molecule has 2 nitrogen and oxygen atoms in total. The van der Waals surface area contributed by atoms with Crippen LogP contribution in [0.4, 0.5) is 0 Å². The van der Waals surface area contributed by atoms with E-state index >= 15 is 0 Å². The molecule has 1 N–H and O–H groups in total. The van der Waals surface area contributed by atoms with E-state index < -0.39 is 0 Å². The molecule has 3 rings (SSSR count). The van der Waals surface area contributed by atoms with Gasteiger partial charge in [-0.05, 0) is 49.3 Å². The van der Waals surface area contributed by atoms with Crippen molar-refractivity contribution in [2.75, 3.05) is 19.6 Å². The third kappa shape index (κ3) is 3.87. The molecule has 116 valence electrons. The van der Waals surface area contributed by atoms with E-state index in [-0.39, 0.29) is 0 Å². The Labute approximate surface area is 129 Å². The van der Waals surface area contributed by atoms with Crippen molar-refractivity contribution in [1.29, 1.82) is 0 Å². The van der Waals surface area contributed by atoms with E-state index in [9.17, 15) is 0 Å². The molecule has 1 unspecified atom stereocenters. The monoisotopic (exact) mass is 286 g/mol. The topological polar surface area (TPSA) is 15.3 Å². The van der Waals surface area contributed by atoms with Gasteiger partial charge in [-0.3, -0.25) is 4.90 Å². The summed E-state index contributed by atoms with van der Waals surface area (Å²) >= 11 is 0. The first-order valence-electron chi connectivity index (χ1n) is 8.74. The Hall–Kier alpha value is -0.860. The summed E-state index contributed by atoms with van der Waals surface area (Å²) in [5.74, 6) is 0.918. The summed E-state index contributed by atoms with van der Waals surface area (Å²) in [6.07, 6.45) is 7.22. The molecule has 0 aromatic heterocycles. The quantitative estimate of drug-likeness (QED) is 0.912. The predicted octanol–water partition coefficient (Wildman–Crippen LogP) is 3.66. The molecule has 2 heteroatoms. The third-order valence-electron chi connectivity index (χ3n) is 5.49. The molecule has 0 radical (unpaired) electrons. The molecule has 21 heavy (non-hydrogen) atoms. The molecular weight excluding hydrogens is 256 g/mol. The van der Waals surface area contributed by atoms with Gasteiger partial charge < -0.3 is 5.32 Å². The minimum absolute atomic E-state index is 0.727. The fourth-order valence-corrected chi connectivity index (χ4v) is 4.00. The van der Waals surface area contributed by atoms with E-state index in [0.717, 1.165) is 25.0 Å². The van der Waals surface area contributed by atoms with Crippen molar-refractivity contribution >= 4 is 0 Å². The molecule has 1 saturated heterocycles. The maximum Gasteiger partial charge on any atom is 0.0235 e. The van der Waals surface area contributed by atoms with Gasteiger partial charge in [-0.15, -0.1) is 0 Å². The number of hydrogen-bond acceptors (Lipinski definition) is 2. The van der Waals surface area contributed by atoms with Crippen molar-refractivity contribution in [3.05, 3.63) is 34.9 Å². The van der Waals surface area contributed by atoms with Gasteiger partial charge in [0.25, 0.3) is 0 Å². The second-order valence-corrected chi connectivity index (χ2v) is 7.11. The van der Waals surface area contributed by atoms with E-state index in [0.29, 0.717) is 0 Å². The molecule has 1 aliphatic carbocycles. The van der Waals surface area contributed by atoms with E-state index in [1.54, 1.807) is 0 Å². The van der Waals surface area contributed by atoms with Gasteiger partial charge >= 0.3 is 0 Å². The van der Waals surface area contributed by atoms with Crippen molar-refractivity contribution in [3.8, 4) is 0 Å². The van der Waals surface area contributed by atoms with Gasteiger partial charge in [0, 0.05) is 32.2 Å². The number of benzene rings is 1. The van der Waals surface area contributed by atoms with Crippen molar-refractivity contribution in [1.82, 2.24) is 10.2 Å². The Morgan fingerprint density at radius 2 is 1.90 bits per heavy atom. The first-order chi connectivity index (χ1) is 10.2. The fraction of sp³-hybridized carbons (Fsp3) is 0.684. The van der Waals surface area contributed by atoms with Gasteiger partial charge in [-0.25, -0.2) is 0 Å². The maximum atomic E-state index is 3.78. The number of aryl methyl sites for hydroxylation is 2. The lowest BCUT2D eigenvalue weighted by Gasteiger charge is -2.39. The molecule has 0 bridgehead atoms. The Balaban J connectivity index is 1.59. The molecule has 1 heterocycles. The van der Waals surface area contributed by atoms with Crippen molar-refractivity contribution < 1.29 is 0 Å². The Morgan fingerprint density at radius 1 is 1.10 bits per heavy atom. The number of rotatable bonds is 3. The standard InChI is InChI=1S/C19H30N2/c1-15-8-9-17(12-16(15)2)13-21-11-10-20-19(14-21)18-6-4-3-5-7-18/h8-9,12,18-20H,3-7,10-11,13-14H2,1-2H3. The van der Waals surface area contributed by atoms with Crippen LogP contribution < -0.4 is 5.32 Å². The molecule has 1 aromatic rings. The van der Waals surface area contributed by atoms with Crippen LogP contribution in [0.15, 0.2) is 18.2 Å². The molecule has 1 atom stereocenters. The van der Waals surface area contributed by atoms with Gasteiger partial charge in [0.05, 0.1) is 0 Å². The predicted molar refractivity (Wildman–Crippen MR) is 89.6 cm³/mol. The van der Waals surface area contributed by atoms with Crippen LogP contribution in [0.3, 0.4) is 0 Å². The van der Waals surface area contributed by atoms with Crippen LogP contribution in [0.1, 0.15) is 48.8 Å². The average molecular weight is 286 g/mol. The Morgan fingerprint density at radius 3 is 2.67 bits per heavy atom. The van der Waals surface area contributed by atoms with Crippen LogP contribution >= 0.6 is 0 Å². The largest absolute Gasteiger partial charge is 0.311 e. The molecular formula is C19H30N2. The van der Waals surface area contributed by atoms with E-state index in [1.165, 1.54) is 61.9 Å². The molecule has 1 aromatic carbocycles. The summed E-state index contributed by atoms with van der Waals surface area (Å²) in [6.45, 7) is 9.12. The van der Waals surface area contributed by atoms with Crippen LogP contribution in [0, 0.1) is 19.8 Å². The molecule has 2 aliphatic rings. The zero-order valence-corrected chi connectivity index (χ0v) is 13.7. The van der Waals surface area contributed by atoms with Crippen LogP contribution in [0.5, 0.6) is 0 Å². The summed E-state index contributed by atoms with van der Waals surface area (Å²) in [5, 5.41) is 3.78. The number of nitrogens with one attached hydrogen (secondary N) is 1. The highest BCUT2D eigenvalue weighted by molar-refractivity contribution is 5.29. The third-order valence-corrected chi connectivity index (χ3v) is 5.49. The summed E-state index contributed by atoms with van der Waals surface area (Å²) in [5.41, 5.74) is 4.30. The highest BCUT2D eigenvalue weighted by Gasteiger charge is 2.27. The maximum absolute atomic E-state index is 3.78. The molecule has 1 aliphatic heterocycles. The SMILES string of the molecule is Cc1ccc(CN2CCNC(C3CCCCC3)C2)cc1C. The second kappa shape index (κ2) is 6.93. The van der Waals surface area contributed by atoms with Crippen LogP contribution in [0.25, 0.3) is 0 Å². The van der Waals surface area contributed by atoms with Crippen molar-refractivity contribution in [2.45, 2.75) is 58.5 Å². The van der Waals surface area contributed by atoms with Gasteiger partial charge in [-0.2, -0.15) is 0 Å². The van der Waals surface area contributed by atoms with Crippen LogP contribution in [-0.2, 0) is 6.54 Å². The minimum atomic E-state index is 0.727. The fourth-order valence-electron chi connectivity index (χ4n) is 4.00. The molecule has 0 spiro atoms. The average Bonchev–Trinajstić information content (AvgIpc) is 2.52. The number of nitrogens with zero attached hydrogens (tertiary/aromatic N) is 1. The number of hydrogen-bond donors (Lipinski definition) is 1. The van der Waals surface area contributed by atoms with Gasteiger partial charge in [0.2, 0.25) is 0 Å². The van der Waals surface area contributed by atoms with Crippen LogP contribution in [-0.4, -0.2) is 30.6 Å². The molecule has 2 fully saturated rings. The first-order valence-corrected chi connectivity index (χ1v) is 8.74. The van der Waals surface area contributed by atoms with E-state index in [2.05, 4.69) is 42.3 Å². The van der Waals surface area contributed by atoms with Crippen LogP contribution in [0.2, 0.25) is 0 Å². The zero-order chi connectivity index (χ0) is 14.7. The lowest BCUT2D eigenvalue weighted by molar-refractivity contribution is 0.141. The van der Waals surface area contributed by atoms with E-state index in [1.807, 2.05) is 0 Å².